The van der Waals surface area contributed by atoms with Gasteiger partial charge in [0.05, 0.1) is 0 Å². The summed E-state index contributed by atoms with van der Waals surface area (Å²) in [5.74, 6) is 0.405. The lowest BCUT2D eigenvalue weighted by molar-refractivity contribution is -0.155. The lowest BCUT2D eigenvalue weighted by atomic mass is 10.2. The van der Waals surface area contributed by atoms with Crippen LogP contribution >= 0.6 is 0 Å². The van der Waals surface area contributed by atoms with E-state index in [1.165, 1.54) is 4.90 Å². The van der Waals surface area contributed by atoms with Gasteiger partial charge < -0.3 is 19.1 Å². The third kappa shape index (κ3) is 5.63. The molecule has 2 rings (SSSR count). The summed E-state index contributed by atoms with van der Waals surface area (Å²) in [6.07, 6.45) is 2.15. The summed E-state index contributed by atoms with van der Waals surface area (Å²) in [6.45, 7) is 6.36. The van der Waals surface area contributed by atoms with E-state index in [1.807, 2.05) is 19.0 Å². The number of carbonyl (C=O) groups is 2. The summed E-state index contributed by atoms with van der Waals surface area (Å²) >= 11 is 0. The highest BCUT2D eigenvalue weighted by Crippen LogP contribution is 2.40. The van der Waals surface area contributed by atoms with Crippen LogP contribution in [-0.4, -0.2) is 66.2 Å². The van der Waals surface area contributed by atoms with Gasteiger partial charge in [-0.1, -0.05) is 5.16 Å². The van der Waals surface area contributed by atoms with Gasteiger partial charge in [0.25, 0.3) is 5.91 Å². The van der Waals surface area contributed by atoms with E-state index in [9.17, 15) is 9.59 Å². The SMILES string of the molecule is CN(C)CCN(CC(=O)OC(C)(C)C)C(=O)c1cc(C2CC2)on1. The maximum Gasteiger partial charge on any atom is 0.326 e. The molecule has 0 unspecified atom stereocenters. The smallest absolute Gasteiger partial charge is 0.326 e. The van der Waals surface area contributed by atoms with E-state index in [2.05, 4.69) is 5.16 Å². The zero-order chi connectivity index (χ0) is 17.9. The fourth-order valence-corrected chi connectivity index (χ4v) is 2.22. The molecule has 24 heavy (non-hydrogen) atoms. The quantitative estimate of drug-likeness (QED) is 0.707. The Morgan fingerprint density at radius 2 is 1.96 bits per heavy atom. The van der Waals surface area contributed by atoms with Crippen molar-refractivity contribution in [3.63, 3.8) is 0 Å². The number of esters is 1. The normalized spacial score (nSPS) is 14.8. The van der Waals surface area contributed by atoms with Gasteiger partial charge in [0, 0.05) is 25.1 Å². The van der Waals surface area contributed by atoms with E-state index in [4.69, 9.17) is 9.26 Å². The molecule has 1 saturated carbocycles. The highest BCUT2D eigenvalue weighted by molar-refractivity contribution is 5.94. The maximum absolute atomic E-state index is 12.7. The Balaban J connectivity index is 2.05. The van der Waals surface area contributed by atoms with Crippen molar-refractivity contribution in [2.45, 2.75) is 45.1 Å². The molecule has 0 aliphatic heterocycles. The van der Waals surface area contributed by atoms with Crippen molar-refractivity contribution in [2.24, 2.45) is 0 Å². The average Bonchev–Trinajstić information content (AvgIpc) is 3.18. The molecular weight excluding hydrogens is 310 g/mol. The molecule has 0 radical (unpaired) electrons. The molecular formula is C17H27N3O4. The minimum absolute atomic E-state index is 0.102. The predicted molar refractivity (Wildman–Crippen MR) is 88.8 cm³/mol. The summed E-state index contributed by atoms with van der Waals surface area (Å²) < 4.78 is 10.6. The van der Waals surface area contributed by atoms with Crippen LogP contribution in [0.2, 0.25) is 0 Å². The van der Waals surface area contributed by atoms with E-state index in [-0.39, 0.29) is 18.1 Å². The van der Waals surface area contributed by atoms with Gasteiger partial charge >= 0.3 is 5.97 Å². The van der Waals surface area contributed by atoms with E-state index in [1.54, 1.807) is 26.8 Å². The molecule has 0 spiro atoms. The average molecular weight is 337 g/mol. The monoisotopic (exact) mass is 337 g/mol. The molecule has 1 aromatic rings. The Hall–Kier alpha value is -1.89. The molecule has 0 bridgehead atoms. The van der Waals surface area contributed by atoms with E-state index in [0.29, 0.717) is 19.0 Å². The van der Waals surface area contributed by atoms with Gasteiger partial charge in [-0.25, -0.2) is 0 Å². The van der Waals surface area contributed by atoms with Crippen LogP contribution in [0.3, 0.4) is 0 Å². The van der Waals surface area contributed by atoms with Crippen molar-refractivity contribution in [3.8, 4) is 0 Å². The highest BCUT2D eigenvalue weighted by Gasteiger charge is 2.30. The fraction of sp³-hybridized carbons (Fsp3) is 0.706. The minimum atomic E-state index is -0.583. The largest absolute Gasteiger partial charge is 0.459 e. The third-order valence-corrected chi connectivity index (χ3v) is 3.57. The Bertz CT molecular complexity index is 585. The second-order valence-corrected chi connectivity index (χ2v) is 7.51. The zero-order valence-electron chi connectivity index (χ0n) is 15.2. The standard InChI is InChI=1S/C17H27N3O4/c1-17(2,3)23-15(21)11-20(9-8-19(4)5)16(22)13-10-14(24-18-13)12-6-7-12/h10,12H,6-9,11H2,1-5H3. The van der Waals surface area contributed by atoms with Crippen LogP contribution in [0.1, 0.15) is 55.8 Å². The number of carbonyl (C=O) groups excluding carboxylic acids is 2. The van der Waals surface area contributed by atoms with Gasteiger partial charge in [-0.15, -0.1) is 0 Å². The molecule has 0 atom stereocenters. The molecule has 1 aliphatic rings. The zero-order valence-corrected chi connectivity index (χ0v) is 15.2. The summed E-state index contributed by atoms with van der Waals surface area (Å²) in [4.78, 5) is 28.2. The van der Waals surface area contributed by atoms with Crippen molar-refractivity contribution in [3.05, 3.63) is 17.5 Å². The van der Waals surface area contributed by atoms with Crippen molar-refractivity contribution < 1.29 is 18.8 Å². The molecule has 7 nitrogen and oxygen atoms in total. The summed E-state index contributed by atoms with van der Waals surface area (Å²) in [7, 11) is 3.83. The fourth-order valence-electron chi connectivity index (χ4n) is 2.22. The molecule has 1 amide bonds. The molecule has 1 fully saturated rings. The lowest BCUT2D eigenvalue weighted by Gasteiger charge is -2.25. The number of ether oxygens (including phenoxy) is 1. The Labute approximate surface area is 142 Å². The minimum Gasteiger partial charge on any atom is -0.459 e. The number of hydrogen-bond acceptors (Lipinski definition) is 6. The summed E-state index contributed by atoms with van der Waals surface area (Å²) in [5, 5.41) is 3.88. The van der Waals surface area contributed by atoms with Crippen LogP contribution in [0.15, 0.2) is 10.6 Å². The number of likely N-dealkylation sites (N-methyl/N-ethyl adjacent to an activating group) is 1. The summed E-state index contributed by atoms with van der Waals surface area (Å²) in [6, 6.07) is 1.69. The first-order chi connectivity index (χ1) is 11.2. The predicted octanol–water partition coefficient (Wildman–Crippen LogP) is 1.90. The molecule has 0 N–H and O–H groups in total. The van der Waals surface area contributed by atoms with E-state index < -0.39 is 11.6 Å². The molecule has 134 valence electrons. The lowest BCUT2D eigenvalue weighted by Crippen LogP contribution is -2.42. The Morgan fingerprint density at radius 1 is 1.29 bits per heavy atom. The van der Waals surface area contributed by atoms with Crippen molar-refractivity contribution >= 4 is 11.9 Å². The van der Waals surface area contributed by atoms with Gasteiger partial charge in [0.15, 0.2) is 5.69 Å². The van der Waals surface area contributed by atoms with Crippen LogP contribution in [0.25, 0.3) is 0 Å². The highest BCUT2D eigenvalue weighted by atomic mass is 16.6. The van der Waals surface area contributed by atoms with Crippen LogP contribution in [0.5, 0.6) is 0 Å². The maximum atomic E-state index is 12.7. The molecule has 1 heterocycles. The van der Waals surface area contributed by atoms with Crippen LogP contribution in [-0.2, 0) is 9.53 Å². The molecule has 1 aliphatic carbocycles. The van der Waals surface area contributed by atoms with Crippen molar-refractivity contribution in [1.29, 1.82) is 0 Å². The van der Waals surface area contributed by atoms with Crippen molar-refractivity contribution in [1.82, 2.24) is 15.0 Å². The van der Waals surface area contributed by atoms with E-state index >= 15 is 0 Å². The molecule has 1 aromatic heterocycles. The third-order valence-electron chi connectivity index (χ3n) is 3.57. The van der Waals surface area contributed by atoms with Gasteiger partial charge in [-0.2, -0.15) is 0 Å². The number of nitrogens with zero attached hydrogens (tertiary/aromatic N) is 3. The first-order valence-electron chi connectivity index (χ1n) is 8.28. The number of hydrogen-bond donors (Lipinski definition) is 0. The first-order valence-corrected chi connectivity index (χ1v) is 8.28. The first kappa shape index (κ1) is 18.4. The van der Waals surface area contributed by atoms with Crippen LogP contribution in [0.4, 0.5) is 0 Å². The second kappa shape index (κ2) is 7.34. The Morgan fingerprint density at radius 3 is 2.50 bits per heavy atom. The molecule has 0 saturated heterocycles. The summed E-state index contributed by atoms with van der Waals surface area (Å²) in [5.41, 5.74) is -0.334. The number of rotatable bonds is 7. The Kier molecular flexibility index (Phi) is 5.64. The van der Waals surface area contributed by atoms with E-state index in [0.717, 1.165) is 18.6 Å². The van der Waals surface area contributed by atoms with Gasteiger partial charge in [-0.3, -0.25) is 9.59 Å². The van der Waals surface area contributed by atoms with Gasteiger partial charge in [-0.05, 0) is 47.7 Å². The molecule has 7 heteroatoms. The van der Waals surface area contributed by atoms with Crippen LogP contribution < -0.4 is 0 Å². The number of amides is 1. The van der Waals surface area contributed by atoms with Gasteiger partial charge in [0.2, 0.25) is 0 Å². The number of aromatic nitrogens is 1. The molecule has 0 aromatic carbocycles. The van der Waals surface area contributed by atoms with Gasteiger partial charge in [0.1, 0.15) is 17.9 Å². The van der Waals surface area contributed by atoms with Crippen molar-refractivity contribution in [2.75, 3.05) is 33.7 Å². The topological polar surface area (TPSA) is 75.9 Å². The van der Waals surface area contributed by atoms with Crippen LogP contribution in [0, 0.1) is 0 Å². The second-order valence-electron chi connectivity index (χ2n) is 7.51.